The molecule has 0 amide bonds. The number of hydrogen-bond donors (Lipinski definition) is 1. The maximum absolute atomic E-state index is 5.37. The molecule has 4 rings (SSSR count). The first kappa shape index (κ1) is 16.1. The van der Waals surface area contributed by atoms with Gasteiger partial charge in [-0.1, -0.05) is 23.7 Å². The fourth-order valence-corrected chi connectivity index (χ4v) is 2.79. The van der Waals surface area contributed by atoms with E-state index >= 15 is 0 Å². The van der Waals surface area contributed by atoms with Gasteiger partial charge in [0.15, 0.2) is 5.82 Å². The van der Waals surface area contributed by atoms with Gasteiger partial charge in [-0.25, -0.2) is 9.97 Å². The number of methoxy groups -OCH3 is 1. The molecule has 0 fully saturated rings. The lowest BCUT2D eigenvalue weighted by molar-refractivity contribution is 0.415. The van der Waals surface area contributed by atoms with Crippen molar-refractivity contribution in [3.05, 3.63) is 67.0 Å². The molecular weight excluding hydrogens is 323 g/mol. The SMILES string of the molecule is Bc1ccccc1Nc1nc(-c2cccnc2)nc2ccc(OC)cc12. The quantitative estimate of drug-likeness (QED) is 0.579. The summed E-state index contributed by atoms with van der Waals surface area (Å²) in [5.74, 6) is 2.14. The third-order valence-electron chi connectivity index (χ3n) is 4.22. The van der Waals surface area contributed by atoms with Crippen LogP contribution in [0.1, 0.15) is 0 Å². The van der Waals surface area contributed by atoms with E-state index in [-0.39, 0.29) is 0 Å². The first-order valence-corrected chi connectivity index (χ1v) is 8.33. The fraction of sp³-hybridized carbons (Fsp3) is 0.0500. The second kappa shape index (κ2) is 6.84. The number of aromatic nitrogens is 3. The highest BCUT2D eigenvalue weighted by Gasteiger charge is 2.12. The van der Waals surface area contributed by atoms with Gasteiger partial charge in [-0.15, -0.1) is 0 Å². The lowest BCUT2D eigenvalue weighted by Crippen LogP contribution is -2.10. The van der Waals surface area contributed by atoms with E-state index in [1.165, 1.54) is 0 Å². The molecule has 0 aliphatic carbocycles. The van der Waals surface area contributed by atoms with E-state index in [0.717, 1.165) is 39.2 Å². The topological polar surface area (TPSA) is 59.9 Å². The van der Waals surface area contributed by atoms with Crippen LogP contribution in [0.5, 0.6) is 5.75 Å². The average Bonchev–Trinajstić information content (AvgIpc) is 2.70. The van der Waals surface area contributed by atoms with E-state index < -0.39 is 0 Å². The van der Waals surface area contributed by atoms with Crippen LogP contribution in [-0.4, -0.2) is 29.9 Å². The maximum Gasteiger partial charge on any atom is 0.163 e. The molecule has 2 aromatic heterocycles. The molecule has 2 heterocycles. The summed E-state index contributed by atoms with van der Waals surface area (Å²) in [6.45, 7) is 0. The molecule has 5 nitrogen and oxygen atoms in total. The zero-order valence-electron chi connectivity index (χ0n) is 14.6. The Balaban J connectivity index is 1.91. The first-order chi connectivity index (χ1) is 12.7. The molecule has 0 aliphatic heterocycles. The lowest BCUT2D eigenvalue weighted by atomic mass is 9.94. The van der Waals surface area contributed by atoms with Crippen LogP contribution < -0.4 is 15.5 Å². The Kier molecular flexibility index (Phi) is 4.23. The highest BCUT2D eigenvalue weighted by atomic mass is 16.5. The minimum atomic E-state index is 0.631. The van der Waals surface area contributed by atoms with E-state index in [2.05, 4.69) is 24.2 Å². The molecule has 1 N–H and O–H groups in total. The number of anilines is 2. The van der Waals surface area contributed by atoms with Gasteiger partial charge in [0.05, 0.1) is 12.6 Å². The van der Waals surface area contributed by atoms with E-state index in [9.17, 15) is 0 Å². The largest absolute Gasteiger partial charge is 0.497 e. The summed E-state index contributed by atoms with van der Waals surface area (Å²) in [5.41, 5.74) is 3.87. The normalized spacial score (nSPS) is 10.7. The van der Waals surface area contributed by atoms with Crippen molar-refractivity contribution in [3.63, 3.8) is 0 Å². The minimum absolute atomic E-state index is 0.631. The van der Waals surface area contributed by atoms with Crippen LogP contribution in [0.2, 0.25) is 0 Å². The zero-order valence-corrected chi connectivity index (χ0v) is 14.6. The highest BCUT2D eigenvalue weighted by molar-refractivity contribution is 6.36. The fourth-order valence-electron chi connectivity index (χ4n) is 2.79. The van der Waals surface area contributed by atoms with Crippen molar-refractivity contribution in [2.75, 3.05) is 12.4 Å². The number of pyridine rings is 1. The van der Waals surface area contributed by atoms with E-state index in [0.29, 0.717) is 5.82 Å². The maximum atomic E-state index is 5.37. The Hall–Kier alpha value is -3.41. The molecule has 0 radical (unpaired) electrons. The molecule has 0 atom stereocenters. The molecular formula is C20H17BN4O. The number of ether oxygens (including phenoxy) is 1. The molecule has 0 spiro atoms. The summed E-state index contributed by atoms with van der Waals surface area (Å²) in [6.07, 6.45) is 3.50. The molecule has 0 unspecified atom stereocenters. The second-order valence-corrected chi connectivity index (χ2v) is 5.96. The summed E-state index contributed by atoms with van der Waals surface area (Å²) in [4.78, 5) is 13.6. The summed E-state index contributed by atoms with van der Waals surface area (Å²) in [5, 5.41) is 4.35. The summed E-state index contributed by atoms with van der Waals surface area (Å²) < 4.78 is 5.37. The zero-order chi connectivity index (χ0) is 17.9. The predicted molar refractivity (Wildman–Crippen MR) is 107 cm³/mol. The number of nitrogens with zero attached hydrogens (tertiary/aromatic N) is 3. The molecule has 126 valence electrons. The van der Waals surface area contributed by atoms with Crippen LogP contribution in [0.3, 0.4) is 0 Å². The van der Waals surface area contributed by atoms with E-state index in [1.54, 1.807) is 19.5 Å². The van der Waals surface area contributed by atoms with Crippen molar-refractivity contribution < 1.29 is 4.74 Å². The number of hydrogen-bond acceptors (Lipinski definition) is 5. The van der Waals surface area contributed by atoms with Crippen molar-refractivity contribution >= 4 is 35.7 Å². The standard InChI is InChI=1S/C20H17BN4O/c1-26-14-8-9-17-15(11-14)20(24-18-7-3-2-6-16(18)21)25-19(23-17)13-5-4-10-22-12-13/h2-12H,21H2,1H3,(H,23,24,25). The van der Waals surface area contributed by atoms with Crippen molar-refractivity contribution in [2.45, 2.75) is 0 Å². The monoisotopic (exact) mass is 340 g/mol. The summed E-state index contributed by atoms with van der Waals surface area (Å²) in [6, 6.07) is 17.7. The molecule has 4 aromatic rings. The van der Waals surface area contributed by atoms with Gasteiger partial charge >= 0.3 is 0 Å². The van der Waals surface area contributed by atoms with Crippen LogP contribution in [0.4, 0.5) is 11.5 Å². The van der Waals surface area contributed by atoms with Crippen LogP contribution in [-0.2, 0) is 0 Å². The number of rotatable bonds is 4. The summed E-state index contributed by atoms with van der Waals surface area (Å²) >= 11 is 0. The molecule has 0 saturated heterocycles. The number of nitrogens with one attached hydrogen (secondary N) is 1. The van der Waals surface area contributed by atoms with Gasteiger partial charge in [-0.2, -0.15) is 0 Å². The third kappa shape index (κ3) is 3.09. The van der Waals surface area contributed by atoms with Crippen LogP contribution in [0, 0.1) is 0 Å². The van der Waals surface area contributed by atoms with Crippen LogP contribution in [0.15, 0.2) is 67.0 Å². The Bertz CT molecular complexity index is 1070. The Morgan fingerprint density at radius 2 is 1.88 bits per heavy atom. The first-order valence-electron chi connectivity index (χ1n) is 8.33. The van der Waals surface area contributed by atoms with E-state index in [4.69, 9.17) is 14.7 Å². The third-order valence-corrected chi connectivity index (χ3v) is 4.22. The van der Waals surface area contributed by atoms with Gasteiger partial charge in [0, 0.05) is 29.0 Å². The van der Waals surface area contributed by atoms with Crippen molar-refractivity contribution in [2.24, 2.45) is 0 Å². The number of benzene rings is 2. The molecule has 2 aromatic carbocycles. The van der Waals surface area contributed by atoms with Gasteiger partial charge < -0.3 is 10.1 Å². The Morgan fingerprint density at radius 3 is 2.65 bits per heavy atom. The average molecular weight is 340 g/mol. The summed E-state index contributed by atoms with van der Waals surface area (Å²) in [7, 11) is 3.72. The number of fused-ring (bicyclic) bond motifs is 1. The van der Waals surface area contributed by atoms with Crippen molar-refractivity contribution in [3.8, 4) is 17.1 Å². The second-order valence-electron chi connectivity index (χ2n) is 5.96. The molecule has 0 saturated carbocycles. The molecule has 6 heteroatoms. The van der Waals surface area contributed by atoms with Gasteiger partial charge in [0.25, 0.3) is 0 Å². The lowest BCUT2D eigenvalue weighted by Gasteiger charge is -2.13. The Morgan fingerprint density at radius 1 is 1.00 bits per heavy atom. The predicted octanol–water partition coefficient (Wildman–Crippen LogP) is 2.70. The molecule has 0 bridgehead atoms. The smallest absolute Gasteiger partial charge is 0.163 e. The van der Waals surface area contributed by atoms with Gasteiger partial charge in [0.1, 0.15) is 19.4 Å². The van der Waals surface area contributed by atoms with E-state index in [1.807, 2.05) is 48.5 Å². The minimum Gasteiger partial charge on any atom is -0.497 e. The van der Waals surface area contributed by atoms with Crippen molar-refractivity contribution in [1.82, 2.24) is 15.0 Å². The molecule has 0 aliphatic rings. The van der Waals surface area contributed by atoms with Gasteiger partial charge in [-0.3, -0.25) is 4.98 Å². The van der Waals surface area contributed by atoms with Crippen LogP contribution >= 0.6 is 0 Å². The Labute approximate surface area is 152 Å². The van der Waals surface area contributed by atoms with Gasteiger partial charge in [-0.05, 0) is 36.4 Å². The highest BCUT2D eigenvalue weighted by Crippen LogP contribution is 2.29. The number of para-hydroxylation sites is 1. The van der Waals surface area contributed by atoms with Gasteiger partial charge in [0.2, 0.25) is 0 Å². The molecule has 26 heavy (non-hydrogen) atoms. The van der Waals surface area contributed by atoms with Crippen LogP contribution in [0.25, 0.3) is 22.3 Å². The van der Waals surface area contributed by atoms with Crippen molar-refractivity contribution in [1.29, 1.82) is 0 Å².